The second-order valence-corrected chi connectivity index (χ2v) is 11.3. The van der Waals surface area contributed by atoms with E-state index in [1.165, 1.54) is 41.8 Å². The molecule has 1 unspecified atom stereocenters. The van der Waals surface area contributed by atoms with Gasteiger partial charge in [-0.05, 0) is 71.1 Å². The fourth-order valence-corrected chi connectivity index (χ4v) is 5.84. The van der Waals surface area contributed by atoms with Crippen LogP contribution < -0.4 is 5.32 Å². The molecule has 4 rings (SSSR count). The van der Waals surface area contributed by atoms with E-state index in [1.807, 2.05) is 0 Å². The Bertz CT molecular complexity index is 1570. The maximum absolute atomic E-state index is 14.7. The molecule has 6 nitrogen and oxygen atoms in total. The molecule has 42 heavy (non-hydrogen) atoms. The number of carbonyl (C=O) groups excluding carboxylic acids is 2. The molecule has 2 aromatic carbocycles. The number of rotatable bonds is 7. The third-order valence-electron chi connectivity index (χ3n) is 5.71. The van der Waals surface area contributed by atoms with Crippen LogP contribution in [0.3, 0.4) is 0 Å². The Kier molecular flexibility index (Phi) is 8.80. The van der Waals surface area contributed by atoms with E-state index in [9.17, 15) is 45.1 Å². The second kappa shape index (κ2) is 11.9. The Hall–Kier alpha value is -3.76. The number of hydrogen-bond donors (Lipinski definition) is 2. The van der Waals surface area contributed by atoms with Crippen LogP contribution in [0.4, 0.5) is 36.4 Å². The Morgan fingerprint density at radius 2 is 1.57 bits per heavy atom. The maximum Gasteiger partial charge on any atom is 0.416 e. The Balaban J connectivity index is 1.48. The normalized spacial score (nSPS) is 15.8. The number of carboxylic acids is 1. The van der Waals surface area contributed by atoms with E-state index in [-0.39, 0.29) is 37.7 Å². The summed E-state index contributed by atoms with van der Waals surface area (Å²) >= 11 is 6.85. The summed E-state index contributed by atoms with van der Waals surface area (Å²) in [4.78, 5) is 37.2. The van der Waals surface area contributed by atoms with E-state index in [1.54, 1.807) is 0 Å². The summed E-state index contributed by atoms with van der Waals surface area (Å²) in [6.07, 6.45) is -10.9. The van der Waals surface area contributed by atoms with Gasteiger partial charge in [0.2, 0.25) is 0 Å². The van der Waals surface area contributed by atoms with E-state index in [2.05, 4.69) is 5.32 Å². The quantitative estimate of drug-likeness (QED) is 0.159. The first-order chi connectivity index (χ1) is 19.5. The van der Waals surface area contributed by atoms with Gasteiger partial charge in [0.25, 0.3) is 11.8 Å². The molecule has 1 atom stereocenters. The number of benzene rings is 2. The van der Waals surface area contributed by atoms with Crippen molar-refractivity contribution in [2.24, 2.45) is 0 Å². The number of carboxylic acid groups (broad SMARTS) is 1. The third-order valence-corrected chi connectivity index (χ3v) is 7.97. The molecule has 0 bridgehead atoms. The van der Waals surface area contributed by atoms with Crippen molar-refractivity contribution in [2.45, 2.75) is 18.5 Å². The number of alkyl halides is 7. The van der Waals surface area contributed by atoms with Crippen LogP contribution in [-0.2, 0) is 21.9 Å². The second-order valence-electron chi connectivity index (χ2n) is 8.66. The van der Waals surface area contributed by atoms with Crippen molar-refractivity contribution in [1.82, 2.24) is 4.90 Å². The fourth-order valence-electron chi connectivity index (χ4n) is 3.65. The number of nitrogens with one attached hydrogen (secondary N) is 1. The molecule has 2 amide bonds. The minimum atomic E-state index is -5.01. The molecule has 1 saturated heterocycles. The zero-order chi connectivity index (χ0) is 31.0. The highest BCUT2D eigenvalue weighted by Gasteiger charge is 2.38. The molecule has 0 aliphatic carbocycles. The monoisotopic (exact) mass is 648 g/mol. The van der Waals surface area contributed by atoms with Crippen LogP contribution in [0.15, 0.2) is 58.8 Å². The SMILES string of the molecule is O=C(O)c1ccc(NC(=O)C(F)CN2C(=O)C(=Cc3cc(-c4cc(C(F)(F)F)cc(C(F)(F)F)c4)cs3)SC2=S)cc1. The predicted octanol–water partition coefficient (Wildman–Crippen LogP) is 7.33. The number of hydrogen-bond acceptors (Lipinski definition) is 6. The molecule has 2 N–H and O–H groups in total. The molecule has 0 saturated carbocycles. The van der Waals surface area contributed by atoms with Crippen LogP contribution >= 0.6 is 35.3 Å². The van der Waals surface area contributed by atoms with E-state index in [4.69, 9.17) is 17.3 Å². The number of thioether (sulfide) groups is 1. The number of anilines is 1. The van der Waals surface area contributed by atoms with Crippen LogP contribution in [0.25, 0.3) is 17.2 Å². The molecule has 1 fully saturated rings. The predicted molar refractivity (Wildman–Crippen MR) is 147 cm³/mol. The molecule has 220 valence electrons. The minimum Gasteiger partial charge on any atom is -0.478 e. The van der Waals surface area contributed by atoms with Crippen molar-refractivity contribution in [1.29, 1.82) is 0 Å². The topological polar surface area (TPSA) is 86.7 Å². The maximum atomic E-state index is 14.7. The average Bonchev–Trinajstić information content (AvgIpc) is 3.48. The Morgan fingerprint density at radius 3 is 2.12 bits per heavy atom. The third kappa shape index (κ3) is 7.17. The van der Waals surface area contributed by atoms with Crippen molar-refractivity contribution in [3.05, 3.63) is 80.4 Å². The lowest BCUT2D eigenvalue weighted by Gasteiger charge is -2.17. The minimum absolute atomic E-state index is 0.00490. The number of thiocarbonyl (C=S) groups is 1. The lowest BCUT2D eigenvalue weighted by atomic mass is 10.0. The van der Waals surface area contributed by atoms with Gasteiger partial charge in [-0.1, -0.05) is 24.0 Å². The zero-order valence-electron chi connectivity index (χ0n) is 20.5. The van der Waals surface area contributed by atoms with Gasteiger partial charge >= 0.3 is 18.3 Å². The van der Waals surface area contributed by atoms with Crippen LogP contribution in [0, 0.1) is 0 Å². The molecule has 0 spiro atoms. The van der Waals surface area contributed by atoms with Gasteiger partial charge in [-0.3, -0.25) is 14.5 Å². The summed E-state index contributed by atoms with van der Waals surface area (Å²) in [5.74, 6) is -3.05. The number of carbonyl (C=O) groups is 3. The highest BCUT2D eigenvalue weighted by atomic mass is 32.2. The van der Waals surface area contributed by atoms with Gasteiger partial charge in [0, 0.05) is 10.6 Å². The van der Waals surface area contributed by atoms with Gasteiger partial charge in [0.15, 0.2) is 6.17 Å². The summed E-state index contributed by atoms with van der Waals surface area (Å²) in [5.41, 5.74) is -3.15. The molecule has 1 aromatic heterocycles. The van der Waals surface area contributed by atoms with E-state index < -0.39 is 54.0 Å². The lowest BCUT2D eigenvalue weighted by Crippen LogP contribution is -2.39. The summed E-state index contributed by atoms with van der Waals surface area (Å²) in [5, 5.41) is 12.5. The smallest absolute Gasteiger partial charge is 0.416 e. The fraction of sp³-hybridized carbons (Fsp3) is 0.154. The largest absolute Gasteiger partial charge is 0.478 e. The Labute approximate surface area is 245 Å². The van der Waals surface area contributed by atoms with Gasteiger partial charge in [-0.25, -0.2) is 9.18 Å². The molecular formula is C26H15F7N2O4S3. The van der Waals surface area contributed by atoms with Crippen molar-refractivity contribution >= 4 is 69.2 Å². The first-order valence-electron chi connectivity index (χ1n) is 11.4. The van der Waals surface area contributed by atoms with Gasteiger partial charge < -0.3 is 10.4 Å². The van der Waals surface area contributed by atoms with Crippen molar-refractivity contribution in [3.8, 4) is 11.1 Å². The van der Waals surface area contributed by atoms with Gasteiger partial charge in [-0.15, -0.1) is 11.3 Å². The summed E-state index contributed by atoms with van der Waals surface area (Å²) < 4.78 is 94.0. The van der Waals surface area contributed by atoms with Crippen LogP contribution in [0.1, 0.15) is 26.4 Å². The average molecular weight is 649 g/mol. The molecular weight excluding hydrogens is 633 g/mol. The van der Waals surface area contributed by atoms with Crippen LogP contribution in [-0.4, -0.2) is 44.8 Å². The molecule has 1 aliphatic heterocycles. The number of halogens is 7. The molecule has 16 heteroatoms. The molecule has 2 heterocycles. The summed E-state index contributed by atoms with van der Waals surface area (Å²) in [6, 6.07) is 7.43. The number of nitrogens with zero attached hydrogens (tertiary/aromatic N) is 1. The highest BCUT2D eigenvalue weighted by molar-refractivity contribution is 8.26. The standard InChI is InChI=1S/C26H15F7N2O4S3/c27-19(21(36)34-17-3-1-12(2-4-17)23(38)39)10-35-22(37)20(42-24(35)40)9-18-7-14(11-41-18)13-5-15(25(28,29)30)8-16(6-13)26(31,32)33/h1-9,11,19H,10H2,(H,34,36)(H,38,39). The molecule has 0 radical (unpaired) electrons. The van der Waals surface area contributed by atoms with Crippen LogP contribution in [0.5, 0.6) is 0 Å². The molecule has 1 aliphatic rings. The first-order valence-corrected chi connectivity index (χ1v) is 13.6. The van der Waals surface area contributed by atoms with Crippen LogP contribution in [0.2, 0.25) is 0 Å². The summed E-state index contributed by atoms with van der Waals surface area (Å²) in [6.45, 7) is -0.735. The zero-order valence-corrected chi connectivity index (χ0v) is 23.0. The summed E-state index contributed by atoms with van der Waals surface area (Å²) in [7, 11) is 0. The van der Waals surface area contributed by atoms with Gasteiger partial charge in [0.05, 0.1) is 28.1 Å². The van der Waals surface area contributed by atoms with Gasteiger partial charge in [-0.2, -0.15) is 26.3 Å². The van der Waals surface area contributed by atoms with E-state index in [0.717, 1.165) is 28.0 Å². The highest BCUT2D eigenvalue weighted by Crippen LogP contribution is 2.40. The van der Waals surface area contributed by atoms with E-state index >= 15 is 0 Å². The van der Waals surface area contributed by atoms with Gasteiger partial charge in [0.1, 0.15) is 4.32 Å². The van der Waals surface area contributed by atoms with Crippen molar-refractivity contribution < 1.29 is 50.2 Å². The molecule has 3 aromatic rings. The Morgan fingerprint density at radius 1 is 0.976 bits per heavy atom. The number of thiophene rings is 1. The van der Waals surface area contributed by atoms with Crippen molar-refractivity contribution in [2.75, 3.05) is 11.9 Å². The lowest BCUT2D eigenvalue weighted by molar-refractivity contribution is -0.143. The van der Waals surface area contributed by atoms with Crippen molar-refractivity contribution in [3.63, 3.8) is 0 Å². The number of aromatic carboxylic acids is 1. The van der Waals surface area contributed by atoms with E-state index in [0.29, 0.717) is 17.0 Å². The number of amides is 2. The first kappa shape index (κ1) is 31.2.